The van der Waals surface area contributed by atoms with E-state index in [-0.39, 0.29) is 144 Å². The summed E-state index contributed by atoms with van der Waals surface area (Å²) in [6, 6.07) is 60.1. The van der Waals surface area contributed by atoms with Crippen LogP contribution in [0.2, 0.25) is 0 Å². The van der Waals surface area contributed by atoms with Gasteiger partial charge >= 0.3 is 68.9 Å². The Morgan fingerprint density at radius 3 is 1.26 bits per heavy atom. The fourth-order valence-corrected chi connectivity index (χ4v) is 13.3. The summed E-state index contributed by atoms with van der Waals surface area (Å²) in [5.74, 6) is -1.20. The number of ether oxygens (including phenoxy) is 7. The Kier molecular flexibility index (Phi) is 31.7. The molecule has 0 fully saturated rings. The Labute approximate surface area is 684 Å². The third-order valence-corrected chi connectivity index (χ3v) is 18.5. The summed E-state index contributed by atoms with van der Waals surface area (Å²) in [6.45, 7) is 35.1. The largest absolute Gasteiger partial charge is 1.00 e. The number of hydrogen-bond donors (Lipinski definition) is 1. The molecule has 15 heteroatoms. The summed E-state index contributed by atoms with van der Waals surface area (Å²) in [4.78, 5) is 29.5. The molecule has 0 bridgehead atoms. The van der Waals surface area contributed by atoms with Crippen LogP contribution in [0.5, 0.6) is 5.75 Å². The number of fused-ring (bicyclic) bond motifs is 3. The molecule has 0 unspecified atom stereocenters. The monoisotopic (exact) mass is 1690 g/mol. The van der Waals surface area contributed by atoms with Crippen LogP contribution in [-0.2, 0) is 75.9 Å². The Morgan fingerprint density at radius 2 is 0.854 bits per heavy atom. The second-order valence-electron chi connectivity index (χ2n) is 28.4. The average Bonchev–Trinajstić information content (AvgIpc) is 1.54. The van der Waals surface area contributed by atoms with E-state index in [1.165, 1.54) is 62.3 Å². The van der Waals surface area contributed by atoms with Crippen molar-refractivity contribution in [3.05, 3.63) is 271 Å². The van der Waals surface area contributed by atoms with Gasteiger partial charge in [0.05, 0.1) is 102 Å². The predicted molar refractivity (Wildman–Crippen MR) is 406 cm³/mol. The minimum Gasteiger partial charge on any atom is -0.545 e. The molecule has 1 aliphatic rings. The van der Waals surface area contributed by atoms with Gasteiger partial charge in [-0.05, 0) is 212 Å². The number of aliphatic hydroxyl groups is 1. The van der Waals surface area contributed by atoms with Crippen LogP contribution in [0.15, 0.2) is 170 Å². The first-order valence-electron chi connectivity index (χ1n) is 35.0. The van der Waals surface area contributed by atoms with E-state index in [9.17, 15) is 14.7 Å². The quantitative estimate of drug-likeness (QED) is 0.0325. The number of methoxy groups -OCH3 is 1. The molecular weight excluding hydrogens is 1580 g/mol. The first-order chi connectivity index (χ1) is 48.4. The number of nitrogens with zero attached hydrogens (tertiary/aromatic N) is 2. The summed E-state index contributed by atoms with van der Waals surface area (Å²) >= 11 is 0. The van der Waals surface area contributed by atoms with Gasteiger partial charge < -0.3 is 62.8 Å². The van der Waals surface area contributed by atoms with E-state index in [0.29, 0.717) is 64.0 Å². The van der Waals surface area contributed by atoms with Crippen LogP contribution in [0.25, 0.3) is 11.1 Å². The molecule has 0 spiro atoms. The van der Waals surface area contributed by atoms with Crippen LogP contribution < -0.4 is 88.5 Å². The number of hydrogen-bond acceptors (Lipinski definition) is 13. The molecular formula is C88H101CsN2O11Os. The van der Waals surface area contributed by atoms with Gasteiger partial charge in [0.1, 0.15) is 19.0 Å². The van der Waals surface area contributed by atoms with Crippen LogP contribution in [0.1, 0.15) is 141 Å². The van der Waals surface area contributed by atoms with E-state index < -0.39 is 11.4 Å². The number of aliphatic hydroxyl groups excluding tert-OH is 1. The molecule has 0 saturated heterocycles. The maximum Gasteiger partial charge on any atom is 1.00 e. The molecule has 1 aliphatic carbocycles. The van der Waals surface area contributed by atoms with Crippen molar-refractivity contribution in [3.8, 4) is 16.9 Å². The minimum absolute atomic E-state index is 0. The van der Waals surface area contributed by atoms with Gasteiger partial charge in [-0.15, -0.1) is 0 Å². The molecule has 0 aromatic heterocycles. The molecule has 1 N–H and O–H groups in total. The second-order valence-corrected chi connectivity index (χ2v) is 28.4. The van der Waals surface area contributed by atoms with Crippen molar-refractivity contribution in [3.63, 3.8) is 0 Å². The van der Waals surface area contributed by atoms with Crippen molar-refractivity contribution in [2.24, 2.45) is 0 Å². The molecule has 0 saturated carbocycles. The molecule has 0 aliphatic heterocycles. The smallest absolute Gasteiger partial charge is 0.545 e. The van der Waals surface area contributed by atoms with Crippen LogP contribution in [0.4, 0.5) is 34.1 Å². The Balaban J connectivity index is 0.000000287. The van der Waals surface area contributed by atoms with E-state index in [2.05, 4.69) is 226 Å². The fourth-order valence-electron chi connectivity index (χ4n) is 13.3. The number of carboxylic acid groups (broad SMARTS) is 1. The summed E-state index contributed by atoms with van der Waals surface area (Å²) in [5.41, 5.74) is 25.6. The normalized spacial score (nSPS) is 12.1. The zero-order valence-corrected chi connectivity index (χ0v) is 72.0. The van der Waals surface area contributed by atoms with Gasteiger partial charge in [-0.1, -0.05) is 161 Å². The molecule has 9 aromatic carbocycles. The number of carbonyl (C=O) groups is 1. The topological polar surface area (TPSA) is 149 Å². The van der Waals surface area contributed by atoms with Gasteiger partial charge in [0.15, 0.2) is 0 Å². The Bertz CT molecular complexity index is 4040. The van der Waals surface area contributed by atoms with E-state index in [1.54, 1.807) is 19.2 Å². The molecule has 538 valence electrons. The Morgan fingerprint density at radius 1 is 0.476 bits per heavy atom. The summed E-state index contributed by atoms with van der Waals surface area (Å²) in [7, 11) is 1.61. The molecule has 0 radical (unpaired) electrons. The van der Waals surface area contributed by atoms with Gasteiger partial charge in [-0.25, -0.2) is 0 Å². The first kappa shape index (κ1) is 84.1. The molecule has 0 amide bonds. The number of aromatic carboxylic acids is 1. The molecule has 0 heterocycles. The van der Waals surface area contributed by atoms with Crippen LogP contribution in [-0.4, -0.2) is 104 Å². The van der Waals surface area contributed by atoms with Crippen molar-refractivity contribution in [2.45, 2.75) is 120 Å². The van der Waals surface area contributed by atoms with Crippen LogP contribution >= 0.6 is 0 Å². The number of benzene rings is 9. The van der Waals surface area contributed by atoms with Gasteiger partial charge in [-0.3, -0.25) is 0 Å². The summed E-state index contributed by atoms with van der Waals surface area (Å²) in [6.07, 6.45) is 3.34. The van der Waals surface area contributed by atoms with Gasteiger partial charge in [0.2, 0.25) is 0 Å². The summed E-state index contributed by atoms with van der Waals surface area (Å²) < 4.78 is 38.6. The first-order valence-corrected chi connectivity index (χ1v) is 35.0. The molecule has 9 aromatic rings. The second kappa shape index (κ2) is 38.9. The SMILES string of the molecule is COCCOCCOCCOc1ccc(C2(c3ccc(COCCOCCOCCO)c([CH+][C-]=O)c3)c3cc(C)ccc3-c3ccc(C)cc32)cc1C(=O)[O-].Cc1ccc(N(c2ccc(N(c3ccc(C)cc3)c3c(C)cc(C(C)(C)C)cc3C)cc2)c2c(C)cc(C(C)(C)C)cc2C)cc1.[Cs+].[Os]. The Hall–Kier alpha value is -6.20. The van der Waals surface area contributed by atoms with Crippen molar-refractivity contribution in [2.75, 3.05) is 96.2 Å². The molecule has 103 heavy (non-hydrogen) atoms. The molecule has 13 nitrogen and oxygen atoms in total. The number of anilines is 6. The number of aryl methyl sites for hydroxylation is 8. The van der Waals surface area contributed by atoms with Crippen molar-refractivity contribution in [1.82, 2.24) is 0 Å². The molecule has 10 rings (SSSR count). The third kappa shape index (κ3) is 20.9. The van der Waals surface area contributed by atoms with Crippen molar-refractivity contribution in [1.29, 1.82) is 0 Å². The van der Waals surface area contributed by atoms with Crippen molar-refractivity contribution >= 4 is 46.4 Å². The number of carbonyl (C=O) groups excluding carboxylic acids is 2. The summed E-state index contributed by atoms with van der Waals surface area (Å²) in [5, 5.41) is 21.6. The van der Waals surface area contributed by atoms with E-state index in [1.807, 2.05) is 44.4 Å². The zero-order valence-electron chi connectivity index (χ0n) is 63.2. The van der Waals surface area contributed by atoms with Gasteiger partial charge in [0.25, 0.3) is 0 Å². The van der Waals surface area contributed by atoms with Gasteiger partial charge in [0, 0.05) is 66.3 Å². The zero-order chi connectivity index (χ0) is 72.6. The van der Waals surface area contributed by atoms with Crippen LogP contribution in [0, 0.1) is 61.8 Å². The van der Waals surface area contributed by atoms with Crippen molar-refractivity contribution < 1.29 is 142 Å². The van der Waals surface area contributed by atoms with E-state index >= 15 is 0 Å². The maximum atomic E-state index is 12.8. The van der Waals surface area contributed by atoms with Crippen LogP contribution in [0.3, 0.4) is 0 Å². The average molecular weight is 1690 g/mol. The third-order valence-electron chi connectivity index (χ3n) is 18.5. The number of carboxylic acids is 1. The van der Waals surface area contributed by atoms with E-state index in [4.69, 9.17) is 38.3 Å². The standard InChI is InChI=1S/C44H52N2.C44H50O11.Cs.Os/c1-29-13-17-37(18-14-29)45(41-31(3)25-35(26-32(41)4)43(7,8)9)39-21-23-40(24-22-39)46(38-19-15-30(2)16-20-38)42-33(5)27-36(28-34(42)6)44(10,11)12;1-31-4-9-37-38-10-5-32(2)27-41(38)44(40(37)26-31,35-7-6-34(33(28-35)12-13-45)30-54-23-22-52-19-18-50-15-14-46)36-8-11-42(39(29-36)43(47)48)55-25-24-53-21-20-51-17-16-49-3;;/h13-28H,1-12H3;4-12,26-29,46H,14-25,30H2,1-3H3,(H,47,48);;/q;;+1;/p-1. The maximum absolute atomic E-state index is 12.8. The van der Waals surface area contributed by atoms with E-state index in [0.717, 1.165) is 67.3 Å². The fraction of sp³-hybridized carbons (Fsp3) is 0.352. The van der Waals surface area contributed by atoms with Gasteiger partial charge in [-0.2, -0.15) is 0 Å². The number of rotatable bonds is 31. The molecule has 0 atom stereocenters. The minimum atomic E-state index is -1.37. The predicted octanol–water partition coefficient (Wildman–Crippen LogP) is 14.4.